The molecule has 128 valence electrons. The van der Waals surface area contributed by atoms with E-state index >= 15 is 0 Å². The average molecular weight is 320 g/mol. The molecule has 22 heavy (non-hydrogen) atoms. The third-order valence-electron chi connectivity index (χ3n) is 2.73. The second-order valence-corrected chi connectivity index (χ2v) is 4.87. The summed E-state index contributed by atoms with van der Waals surface area (Å²) in [6, 6.07) is 0. The molecule has 8 nitrogen and oxygen atoms in total. The predicted molar refractivity (Wildman–Crippen MR) is 76.6 cm³/mol. The molecule has 0 aromatic rings. The van der Waals surface area contributed by atoms with Crippen molar-refractivity contribution in [3.05, 3.63) is 0 Å². The summed E-state index contributed by atoms with van der Waals surface area (Å²) in [6.45, 7) is 1.57. The molecule has 1 unspecified atom stereocenters. The molecule has 0 saturated heterocycles. The van der Waals surface area contributed by atoms with Gasteiger partial charge in [-0.25, -0.2) is 0 Å². The van der Waals surface area contributed by atoms with Crippen LogP contribution in [-0.4, -0.2) is 44.3 Å². The second kappa shape index (κ2) is 13.8. The van der Waals surface area contributed by atoms with E-state index in [-0.39, 0.29) is 19.3 Å². The maximum Gasteiger partial charge on any atom is 0.306 e. The van der Waals surface area contributed by atoms with Crippen LogP contribution in [0.3, 0.4) is 0 Å². The van der Waals surface area contributed by atoms with Crippen LogP contribution in [0.1, 0.15) is 58.3 Å². The summed E-state index contributed by atoms with van der Waals surface area (Å²) in [5, 5.41) is 33.0. The highest BCUT2D eigenvalue weighted by Crippen LogP contribution is 2.07. The van der Waals surface area contributed by atoms with Crippen LogP contribution in [0.2, 0.25) is 0 Å². The minimum atomic E-state index is -0.873. The van der Waals surface area contributed by atoms with Crippen LogP contribution < -0.4 is 0 Å². The number of carboxylic acids is 4. The summed E-state index contributed by atoms with van der Waals surface area (Å²) in [6.07, 6.45) is 3.02. The first-order chi connectivity index (χ1) is 10.2. The van der Waals surface area contributed by atoms with Gasteiger partial charge in [-0.2, -0.15) is 0 Å². The molecule has 0 amide bonds. The molecule has 0 aliphatic rings. The SMILES string of the molecule is CC(CCCC(=O)O)C(=O)O.O=C(O)CCCCCC(=O)O. The predicted octanol–water partition coefficient (Wildman–Crippen LogP) is 2.07. The number of hydrogen-bond acceptors (Lipinski definition) is 4. The fraction of sp³-hybridized carbons (Fsp3) is 0.714. The van der Waals surface area contributed by atoms with Gasteiger partial charge < -0.3 is 20.4 Å². The van der Waals surface area contributed by atoms with Crippen LogP contribution >= 0.6 is 0 Å². The van der Waals surface area contributed by atoms with Crippen molar-refractivity contribution < 1.29 is 39.6 Å². The van der Waals surface area contributed by atoms with Gasteiger partial charge in [-0.05, 0) is 25.7 Å². The monoisotopic (exact) mass is 320 g/mol. The van der Waals surface area contributed by atoms with E-state index < -0.39 is 29.8 Å². The molecular weight excluding hydrogens is 296 g/mol. The van der Waals surface area contributed by atoms with Gasteiger partial charge in [-0.1, -0.05) is 13.3 Å². The van der Waals surface area contributed by atoms with Crippen molar-refractivity contribution in [1.82, 2.24) is 0 Å². The Kier molecular flexibility index (Phi) is 13.9. The van der Waals surface area contributed by atoms with Crippen LogP contribution in [0.25, 0.3) is 0 Å². The lowest BCUT2D eigenvalue weighted by Gasteiger charge is -2.02. The van der Waals surface area contributed by atoms with Crippen LogP contribution in [0.15, 0.2) is 0 Å². The van der Waals surface area contributed by atoms with Gasteiger partial charge in [-0.15, -0.1) is 0 Å². The molecule has 8 heteroatoms. The van der Waals surface area contributed by atoms with Crippen molar-refractivity contribution in [2.24, 2.45) is 5.92 Å². The lowest BCUT2D eigenvalue weighted by molar-refractivity contribution is -0.142. The van der Waals surface area contributed by atoms with Gasteiger partial charge in [0.05, 0.1) is 5.92 Å². The molecule has 0 aliphatic carbocycles. The van der Waals surface area contributed by atoms with Crippen molar-refractivity contribution >= 4 is 23.9 Å². The molecule has 0 aromatic carbocycles. The van der Waals surface area contributed by atoms with Crippen LogP contribution in [-0.2, 0) is 19.2 Å². The van der Waals surface area contributed by atoms with Crippen molar-refractivity contribution in [2.45, 2.75) is 58.3 Å². The fourth-order valence-corrected chi connectivity index (χ4v) is 1.41. The van der Waals surface area contributed by atoms with Gasteiger partial charge in [0.15, 0.2) is 0 Å². The van der Waals surface area contributed by atoms with Gasteiger partial charge in [0.2, 0.25) is 0 Å². The molecule has 0 bridgehead atoms. The third-order valence-corrected chi connectivity index (χ3v) is 2.73. The molecule has 0 aliphatic heterocycles. The van der Waals surface area contributed by atoms with E-state index in [0.717, 1.165) is 0 Å². The fourth-order valence-electron chi connectivity index (χ4n) is 1.41. The summed E-state index contributed by atoms with van der Waals surface area (Å²) in [7, 11) is 0. The number of unbranched alkanes of at least 4 members (excludes halogenated alkanes) is 2. The molecular formula is C14H24O8. The first kappa shape index (κ1) is 22.2. The van der Waals surface area contributed by atoms with Crippen LogP contribution in [0.5, 0.6) is 0 Å². The summed E-state index contributed by atoms with van der Waals surface area (Å²) < 4.78 is 0. The number of aliphatic carboxylic acids is 4. The Morgan fingerprint density at radius 1 is 0.682 bits per heavy atom. The Labute approximate surface area is 128 Å². The van der Waals surface area contributed by atoms with Crippen molar-refractivity contribution in [3.63, 3.8) is 0 Å². The Morgan fingerprint density at radius 2 is 1.05 bits per heavy atom. The molecule has 4 N–H and O–H groups in total. The normalized spacial score (nSPS) is 11.0. The van der Waals surface area contributed by atoms with Crippen molar-refractivity contribution in [2.75, 3.05) is 0 Å². The third kappa shape index (κ3) is 20.2. The maximum atomic E-state index is 10.2. The zero-order valence-electron chi connectivity index (χ0n) is 12.7. The van der Waals surface area contributed by atoms with E-state index in [2.05, 4.69) is 0 Å². The number of carboxylic acid groups (broad SMARTS) is 4. The Hall–Kier alpha value is -2.12. The minimum Gasteiger partial charge on any atom is -0.481 e. The van der Waals surface area contributed by atoms with E-state index in [1.165, 1.54) is 0 Å². The minimum absolute atomic E-state index is 0.0532. The van der Waals surface area contributed by atoms with Gasteiger partial charge >= 0.3 is 23.9 Å². The lowest BCUT2D eigenvalue weighted by atomic mass is 10.1. The Bertz CT molecular complexity index is 348. The largest absolute Gasteiger partial charge is 0.481 e. The quantitative estimate of drug-likeness (QED) is 0.422. The lowest BCUT2D eigenvalue weighted by Crippen LogP contribution is -2.09. The van der Waals surface area contributed by atoms with Crippen molar-refractivity contribution in [3.8, 4) is 0 Å². The van der Waals surface area contributed by atoms with Gasteiger partial charge in [-0.3, -0.25) is 19.2 Å². The molecule has 0 rings (SSSR count). The maximum absolute atomic E-state index is 10.2. The number of rotatable bonds is 11. The number of hydrogen-bond donors (Lipinski definition) is 4. The molecule has 0 fully saturated rings. The highest BCUT2D eigenvalue weighted by molar-refractivity contribution is 5.70. The van der Waals surface area contributed by atoms with Crippen molar-refractivity contribution in [1.29, 1.82) is 0 Å². The smallest absolute Gasteiger partial charge is 0.306 e. The molecule has 0 spiro atoms. The van der Waals surface area contributed by atoms with Crippen LogP contribution in [0, 0.1) is 5.92 Å². The van der Waals surface area contributed by atoms with Gasteiger partial charge in [0.25, 0.3) is 0 Å². The highest BCUT2D eigenvalue weighted by Gasteiger charge is 2.10. The highest BCUT2D eigenvalue weighted by atomic mass is 16.4. The van der Waals surface area contributed by atoms with E-state index in [1.807, 2.05) is 0 Å². The van der Waals surface area contributed by atoms with E-state index in [9.17, 15) is 19.2 Å². The van der Waals surface area contributed by atoms with Gasteiger partial charge in [0, 0.05) is 19.3 Å². The zero-order valence-corrected chi connectivity index (χ0v) is 12.7. The van der Waals surface area contributed by atoms with E-state index in [1.54, 1.807) is 6.92 Å². The molecule has 0 heterocycles. The number of carbonyl (C=O) groups is 4. The van der Waals surface area contributed by atoms with E-state index in [4.69, 9.17) is 20.4 Å². The first-order valence-electron chi connectivity index (χ1n) is 7.05. The summed E-state index contributed by atoms with van der Waals surface area (Å²) in [5.74, 6) is -3.81. The summed E-state index contributed by atoms with van der Waals surface area (Å²) in [4.78, 5) is 40.2. The van der Waals surface area contributed by atoms with Crippen LogP contribution in [0.4, 0.5) is 0 Å². The first-order valence-corrected chi connectivity index (χ1v) is 7.05. The second-order valence-electron chi connectivity index (χ2n) is 4.87. The summed E-state index contributed by atoms with van der Waals surface area (Å²) >= 11 is 0. The Morgan fingerprint density at radius 3 is 1.36 bits per heavy atom. The van der Waals surface area contributed by atoms with E-state index in [0.29, 0.717) is 32.1 Å². The molecule has 0 aromatic heterocycles. The summed E-state index contributed by atoms with van der Waals surface area (Å²) in [5.41, 5.74) is 0. The Balaban J connectivity index is 0. The zero-order chi connectivity index (χ0) is 17.5. The standard InChI is InChI=1S/2C7H12O4/c1-5(7(10)11)3-2-4-6(8)9;8-6(9)4-2-1-3-5-7(10)11/h5H,2-4H2,1H3,(H,8,9)(H,10,11);1-5H2,(H,8,9)(H,10,11). The molecule has 1 atom stereocenters. The molecule has 0 saturated carbocycles. The average Bonchev–Trinajstić information content (AvgIpc) is 2.37. The van der Waals surface area contributed by atoms with Gasteiger partial charge in [0.1, 0.15) is 0 Å². The topological polar surface area (TPSA) is 149 Å². The molecule has 0 radical (unpaired) electrons.